The Balaban J connectivity index is 1.58. The van der Waals surface area contributed by atoms with Gasteiger partial charge in [-0.25, -0.2) is 0 Å². The molecule has 0 radical (unpaired) electrons. The van der Waals surface area contributed by atoms with Gasteiger partial charge in [0.1, 0.15) is 11.9 Å². The lowest BCUT2D eigenvalue weighted by atomic mass is 10.1. The van der Waals surface area contributed by atoms with Gasteiger partial charge in [0.2, 0.25) is 5.82 Å². The second-order valence-corrected chi connectivity index (χ2v) is 7.32. The third-order valence-corrected chi connectivity index (χ3v) is 5.06. The van der Waals surface area contributed by atoms with Gasteiger partial charge in [-0.1, -0.05) is 34.4 Å². The van der Waals surface area contributed by atoms with E-state index in [1.54, 1.807) is 12.1 Å². The van der Waals surface area contributed by atoms with E-state index in [4.69, 9.17) is 33.5 Å². The molecule has 0 spiro atoms. The predicted octanol–water partition coefficient (Wildman–Crippen LogP) is 4.23. The highest BCUT2D eigenvalue weighted by Crippen LogP contribution is 2.37. The number of nitrogens with two attached hydrogens (primary N) is 1. The van der Waals surface area contributed by atoms with Gasteiger partial charge >= 0.3 is 6.18 Å². The number of amidine groups is 1. The SMILES string of the molecule is NCCc1ccc(-c2noc(C3CN4C=C(C(F)(F)F)C=C(Cl)C4=N3)n2)c(Cl)c1. The van der Waals surface area contributed by atoms with Gasteiger partial charge in [0.15, 0.2) is 0 Å². The number of aromatic nitrogens is 2. The van der Waals surface area contributed by atoms with Gasteiger partial charge in [0.05, 0.1) is 22.2 Å². The van der Waals surface area contributed by atoms with Gasteiger partial charge in [-0.05, 0) is 36.7 Å². The van der Waals surface area contributed by atoms with Crippen LogP contribution < -0.4 is 5.73 Å². The quantitative estimate of drug-likeness (QED) is 0.764. The summed E-state index contributed by atoms with van der Waals surface area (Å²) >= 11 is 12.3. The molecule has 2 aliphatic heterocycles. The summed E-state index contributed by atoms with van der Waals surface area (Å²) in [5, 5.41) is 4.28. The molecule has 0 amide bonds. The molecule has 29 heavy (non-hydrogen) atoms. The van der Waals surface area contributed by atoms with Crippen LogP contribution in [0.25, 0.3) is 11.4 Å². The summed E-state index contributed by atoms with van der Waals surface area (Å²) in [6.45, 7) is 0.603. The fourth-order valence-electron chi connectivity index (χ4n) is 3.08. The Hall–Kier alpha value is -2.36. The van der Waals surface area contributed by atoms with Crippen LogP contribution in [0, 0.1) is 0 Å². The number of hydrogen-bond donors (Lipinski definition) is 1. The monoisotopic (exact) mass is 443 g/mol. The van der Waals surface area contributed by atoms with Crippen molar-refractivity contribution in [1.29, 1.82) is 0 Å². The minimum absolute atomic E-state index is 0.0967. The molecule has 0 saturated carbocycles. The summed E-state index contributed by atoms with van der Waals surface area (Å²) in [6, 6.07) is 4.77. The number of nitrogens with zero attached hydrogens (tertiary/aromatic N) is 4. The first-order valence-electron chi connectivity index (χ1n) is 8.60. The number of fused-ring (bicyclic) bond motifs is 1. The van der Waals surface area contributed by atoms with Crippen LogP contribution >= 0.6 is 23.2 Å². The molecule has 1 unspecified atom stereocenters. The van der Waals surface area contributed by atoms with Crippen LogP contribution in [0.2, 0.25) is 5.02 Å². The fraction of sp³-hybridized carbons (Fsp3) is 0.278. The maximum atomic E-state index is 13.0. The molecule has 3 heterocycles. The van der Waals surface area contributed by atoms with Gasteiger partial charge < -0.3 is 15.2 Å². The van der Waals surface area contributed by atoms with Crippen molar-refractivity contribution < 1.29 is 17.7 Å². The van der Waals surface area contributed by atoms with Crippen molar-refractivity contribution in [3.8, 4) is 11.4 Å². The first-order chi connectivity index (χ1) is 13.8. The lowest BCUT2D eigenvalue weighted by Crippen LogP contribution is -2.28. The molecule has 152 valence electrons. The number of allylic oxidation sites excluding steroid dienone is 2. The predicted molar refractivity (Wildman–Crippen MR) is 102 cm³/mol. The number of halogens is 5. The first kappa shape index (κ1) is 19.9. The van der Waals surface area contributed by atoms with Gasteiger partial charge in [0.25, 0.3) is 5.89 Å². The summed E-state index contributed by atoms with van der Waals surface area (Å²) in [6.07, 6.45) is -2.00. The molecule has 4 rings (SSSR count). The summed E-state index contributed by atoms with van der Waals surface area (Å²) in [7, 11) is 0. The lowest BCUT2D eigenvalue weighted by molar-refractivity contribution is -0.0891. The Morgan fingerprint density at radius 1 is 1.28 bits per heavy atom. The molecule has 11 heteroatoms. The molecular weight excluding hydrogens is 430 g/mol. The molecule has 1 aromatic heterocycles. The van der Waals surface area contributed by atoms with Crippen molar-refractivity contribution in [2.45, 2.75) is 18.6 Å². The average Bonchev–Trinajstić information content (AvgIpc) is 3.28. The van der Waals surface area contributed by atoms with Crippen molar-refractivity contribution in [3.63, 3.8) is 0 Å². The largest absolute Gasteiger partial charge is 0.417 e. The number of alkyl halides is 3. The summed E-state index contributed by atoms with van der Waals surface area (Å²) in [5.41, 5.74) is 6.25. The normalized spacial score (nSPS) is 19.0. The minimum atomic E-state index is -4.51. The second kappa shape index (κ2) is 7.47. The first-order valence-corrected chi connectivity index (χ1v) is 9.35. The van der Waals surface area contributed by atoms with Crippen molar-refractivity contribution in [2.24, 2.45) is 10.7 Å². The van der Waals surface area contributed by atoms with E-state index in [1.165, 1.54) is 4.90 Å². The smallest absolute Gasteiger partial charge is 0.337 e. The number of rotatable bonds is 4. The van der Waals surface area contributed by atoms with Crippen LogP contribution in [0.15, 0.2) is 50.6 Å². The molecule has 2 aliphatic rings. The van der Waals surface area contributed by atoms with Crippen LogP contribution in [0.3, 0.4) is 0 Å². The molecule has 2 aromatic rings. The Kier molecular flexibility index (Phi) is 5.14. The Labute approximate surface area is 173 Å². The van der Waals surface area contributed by atoms with Crippen LogP contribution in [-0.2, 0) is 6.42 Å². The Bertz CT molecular complexity index is 1040. The Morgan fingerprint density at radius 2 is 2.07 bits per heavy atom. The molecule has 0 saturated heterocycles. The van der Waals surface area contributed by atoms with E-state index in [9.17, 15) is 13.2 Å². The van der Waals surface area contributed by atoms with E-state index < -0.39 is 17.8 Å². The van der Waals surface area contributed by atoms with E-state index in [1.807, 2.05) is 6.07 Å². The molecule has 0 fully saturated rings. The molecule has 0 bridgehead atoms. The van der Waals surface area contributed by atoms with Crippen molar-refractivity contribution in [2.75, 3.05) is 13.1 Å². The van der Waals surface area contributed by atoms with Crippen LogP contribution in [0.4, 0.5) is 13.2 Å². The number of hydrogen-bond acceptors (Lipinski definition) is 6. The van der Waals surface area contributed by atoms with Gasteiger partial charge in [-0.3, -0.25) is 4.99 Å². The maximum absolute atomic E-state index is 13.0. The average molecular weight is 444 g/mol. The fourth-order valence-corrected chi connectivity index (χ4v) is 3.65. The van der Waals surface area contributed by atoms with E-state index in [0.717, 1.165) is 17.8 Å². The Morgan fingerprint density at radius 3 is 2.76 bits per heavy atom. The maximum Gasteiger partial charge on any atom is 0.417 e. The zero-order valence-electron chi connectivity index (χ0n) is 14.7. The molecular formula is C18H14Cl2F3N5O. The van der Waals surface area contributed by atoms with E-state index >= 15 is 0 Å². The number of aliphatic imine (C=N–C) groups is 1. The van der Waals surface area contributed by atoms with Gasteiger partial charge in [-0.15, -0.1) is 0 Å². The second-order valence-electron chi connectivity index (χ2n) is 6.50. The topological polar surface area (TPSA) is 80.5 Å². The zero-order valence-corrected chi connectivity index (χ0v) is 16.3. The third kappa shape index (κ3) is 3.90. The van der Waals surface area contributed by atoms with Crippen molar-refractivity contribution >= 4 is 29.0 Å². The molecule has 1 aromatic carbocycles. The molecule has 0 aliphatic carbocycles. The van der Waals surface area contributed by atoms with Gasteiger partial charge in [0, 0.05) is 11.8 Å². The molecule has 1 atom stereocenters. The van der Waals surface area contributed by atoms with Crippen LogP contribution in [0.1, 0.15) is 17.5 Å². The summed E-state index contributed by atoms with van der Waals surface area (Å²) < 4.78 is 44.3. The minimum Gasteiger partial charge on any atom is -0.337 e. The van der Waals surface area contributed by atoms with Crippen LogP contribution in [-0.4, -0.2) is 40.1 Å². The third-order valence-electron chi connectivity index (χ3n) is 4.47. The van der Waals surface area contributed by atoms with Crippen molar-refractivity contribution in [3.05, 3.63) is 57.6 Å². The molecule has 6 nitrogen and oxygen atoms in total. The highest BCUT2D eigenvalue weighted by Gasteiger charge is 2.39. The molecule has 2 N–H and O–H groups in total. The highest BCUT2D eigenvalue weighted by molar-refractivity contribution is 6.43. The summed E-state index contributed by atoms with van der Waals surface area (Å²) in [5.74, 6) is 0.659. The highest BCUT2D eigenvalue weighted by atomic mass is 35.5. The summed E-state index contributed by atoms with van der Waals surface area (Å²) in [4.78, 5) is 9.98. The zero-order chi connectivity index (χ0) is 20.8. The van der Waals surface area contributed by atoms with E-state index in [2.05, 4.69) is 15.1 Å². The van der Waals surface area contributed by atoms with Gasteiger partial charge in [-0.2, -0.15) is 18.2 Å². The van der Waals surface area contributed by atoms with E-state index in [-0.39, 0.29) is 29.1 Å². The lowest BCUT2D eigenvalue weighted by Gasteiger charge is -2.22. The van der Waals surface area contributed by atoms with Crippen molar-refractivity contribution in [1.82, 2.24) is 15.0 Å². The van der Waals surface area contributed by atoms with E-state index in [0.29, 0.717) is 23.6 Å². The standard InChI is InChI=1S/C18H14Cl2F3N5O/c19-12-5-9(3-4-24)1-2-11(12)15-26-17(29-27-15)14-8-28-7-10(18(21,22)23)6-13(20)16(28)25-14/h1-2,5-7,14H,3-4,8,24H2. The van der Waals surface area contributed by atoms with Crippen LogP contribution in [0.5, 0.6) is 0 Å². The number of benzene rings is 1.